The zero-order chi connectivity index (χ0) is 31.0. The molecule has 1 aliphatic carbocycles. The maximum Gasteiger partial charge on any atom is 0.271 e. The number of aromatic hydroxyl groups is 1. The molecule has 6 rings (SSSR count). The Labute approximate surface area is 254 Å². The summed E-state index contributed by atoms with van der Waals surface area (Å²) in [4.78, 5) is 39.5. The van der Waals surface area contributed by atoms with Crippen LogP contribution in [-0.4, -0.2) is 34.6 Å². The average molecular weight is 597 g/mol. The van der Waals surface area contributed by atoms with Crippen molar-refractivity contribution in [1.29, 1.82) is 0 Å². The summed E-state index contributed by atoms with van der Waals surface area (Å²) < 4.78 is 20.5. The summed E-state index contributed by atoms with van der Waals surface area (Å²) in [5.74, 6) is -3.07. The number of hydrogen-bond acceptors (Lipinski definition) is 6. The summed E-state index contributed by atoms with van der Waals surface area (Å²) in [7, 11) is 0. The first kappa shape index (κ1) is 29.4. The number of anilines is 1. The van der Waals surface area contributed by atoms with Crippen LogP contribution >= 0.6 is 0 Å². The van der Waals surface area contributed by atoms with Crippen molar-refractivity contribution in [3.8, 4) is 5.75 Å². The Morgan fingerprint density at radius 1 is 1.07 bits per heavy atom. The molecule has 2 aliphatic heterocycles. The second-order valence-corrected chi connectivity index (χ2v) is 11.6. The van der Waals surface area contributed by atoms with Crippen molar-refractivity contribution in [2.24, 2.45) is 17.8 Å². The van der Waals surface area contributed by atoms with Crippen LogP contribution in [0.5, 0.6) is 5.75 Å². The van der Waals surface area contributed by atoms with E-state index in [-0.39, 0.29) is 35.2 Å². The minimum absolute atomic E-state index is 0.176. The monoisotopic (exact) mass is 596 g/mol. The lowest BCUT2D eigenvalue weighted by Gasteiger charge is -2.32. The summed E-state index contributed by atoms with van der Waals surface area (Å²) in [6.45, 7) is 2.41. The Morgan fingerprint density at radius 2 is 1.86 bits per heavy atom. The van der Waals surface area contributed by atoms with Crippen LogP contribution in [0.25, 0.3) is 11.6 Å². The van der Waals surface area contributed by atoms with Crippen LogP contribution in [-0.2, 0) is 14.3 Å². The van der Waals surface area contributed by atoms with E-state index in [9.17, 15) is 29.2 Å². The second-order valence-electron chi connectivity index (χ2n) is 11.6. The fourth-order valence-corrected chi connectivity index (χ4v) is 7.06. The van der Waals surface area contributed by atoms with E-state index in [1.54, 1.807) is 12.1 Å². The number of nitro groups is 1. The third-order valence-electron chi connectivity index (χ3n) is 8.99. The number of allylic oxidation sites excluding steroid dienone is 2. The largest absolute Gasteiger partial charge is 0.505 e. The molecule has 2 heterocycles. The second kappa shape index (κ2) is 12.2. The number of imide groups is 1. The standard InChI is InChI=1S/C35H33FN2O6/c1-2-7-24-18-27-33(35(41)37(34(27)40)25-10-6-11-26(19-25)38(42)43)28-20-44-31(32(24)28)15-13-23(22-8-4-3-5-9-22)16-21-12-14-30(39)29(36)17-21/h3-6,8-12,14,16-17,19,27-28,31,33,39H,2,7,13,15,18,20H2,1H3/b23-16-/t27-,28+,31-,33-/m1/s1. The first-order valence-corrected chi connectivity index (χ1v) is 15.0. The number of carbonyl (C=O) groups excluding carboxylic acids is 2. The summed E-state index contributed by atoms with van der Waals surface area (Å²) >= 11 is 0. The van der Waals surface area contributed by atoms with Crippen molar-refractivity contribution in [2.45, 2.75) is 45.1 Å². The third-order valence-corrected chi connectivity index (χ3v) is 8.99. The van der Waals surface area contributed by atoms with Gasteiger partial charge in [0, 0.05) is 18.1 Å². The fraction of sp³-hybridized carbons (Fsp3) is 0.314. The topological polar surface area (TPSA) is 110 Å². The minimum Gasteiger partial charge on any atom is -0.505 e. The lowest BCUT2D eigenvalue weighted by atomic mass is 9.68. The number of fused-ring (bicyclic) bond motifs is 3. The van der Waals surface area contributed by atoms with Crippen LogP contribution in [0.1, 0.15) is 50.2 Å². The van der Waals surface area contributed by atoms with E-state index in [1.165, 1.54) is 30.3 Å². The van der Waals surface area contributed by atoms with Crippen LogP contribution in [0, 0.1) is 33.7 Å². The van der Waals surface area contributed by atoms with Gasteiger partial charge in [-0.1, -0.05) is 67.5 Å². The van der Waals surface area contributed by atoms with E-state index in [1.807, 2.05) is 36.4 Å². The number of hydrogen-bond donors (Lipinski definition) is 1. The van der Waals surface area contributed by atoms with Crippen molar-refractivity contribution in [3.63, 3.8) is 0 Å². The highest BCUT2D eigenvalue weighted by Gasteiger charge is 2.57. The molecule has 226 valence electrons. The molecule has 9 heteroatoms. The van der Waals surface area contributed by atoms with Gasteiger partial charge in [-0.25, -0.2) is 9.29 Å². The fourth-order valence-electron chi connectivity index (χ4n) is 7.06. The maximum atomic E-state index is 14.1. The molecule has 0 spiro atoms. The van der Waals surface area contributed by atoms with Gasteiger partial charge in [-0.15, -0.1) is 0 Å². The maximum absolute atomic E-state index is 14.1. The zero-order valence-electron chi connectivity index (χ0n) is 24.3. The van der Waals surface area contributed by atoms with Crippen molar-refractivity contribution >= 4 is 34.8 Å². The number of amides is 2. The Hall–Kier alpha value is -4.63. The van der Waals surface area contributed by atoms with Gasteiger partial charge in [0.05, 0.1) is 35.2 Å². The highest BCUT2D eigenvalue weighted by molar-refractivity contribution is 6.22. The molecular formula is C35H33FN2O6. The van der Waals surface area contributed by atoms with Gasteiger partial charge in [0.1, 0.15) is 0 Å². The highest BCUT2D eigenvalue weighted by Crippen LogP contribution is 2.51. The third kappa shape index (κ3) is 5.43. The number of phenols is 1. The molecule has 0 bridgehead atoms. The van der Waals surface area contributed by atoms with Gasteiger partial charge >= 0.3 is 0 Å². The Balaban J connectivity index is 1.28. The summed E-state index contributed by atoms with van der Waals surface area (Å²) in [6, 6.07) is 19.8. The number of phenolic OH excluding ortho intramolecular Hbond substituents is 1. The van der Waals surface area contributed by atoms with Gasteiger partial charge in [0.2, 0.25) is 11.8 Å². The number of nitro benzene ring substituents is 1. The van der Waals surface area contributed by atoms with Gasteiger partial charge in [-0.2, -0.15) is 0 Å². The molecule has 0 unspecified atom stereocenters. The highest BCUT2D eigenvalue weighted by atomic mass is 19.1. The number of halogens is 1. The van der Waals surface area contributed by atoms with Crippen LogP contribution in [0.15, 0.2) is 83.9 Å². The molecule has 3 aromatic carbocycles. The van der Waals surface area contributed by atoms with E-state index >= 15 is 0 Å². The van der Waals surface area contributed by atoms with Gasteiger partial charge in [0.15, 0.2) is 11.6 Å². The first-order valence-electron chi connectivity index (χ1n) is 15.0. The lowest BCUT2D eigenvalue weighted by molar-refractivity contribution is -0.384. The van der Waals surface area contributed by atoms with Crippen molar-refractivity contribution in [1.82, 2.24) is 0 Å². The predicted molar refractivity (Wildman–Crippen MR) is 164 cm³/mol. The molecule has 8 nitrogen and oxygen atoms in total. The van der Waals surface area contributed by atoms with E-state index in [2.05, 4.69) is 6.92 Å². The minimum atomic E-state index is -0.686. The molecule has 2 amide bonds. The number of benzene rings is 3. The molecular weight excluding hydrogens is 563 g/mol. The molecule has 3 aromatic rings. The summed E-state index contributed by atoms with van der Waals surface area (Å²) in [5, 5.41) is 21.0. The number of non-ortho nitro benzene ring substituents is 1. The van der Waals surface area contributed by atoms with Crippen LogP contribution in [0.4, 0.5) is 15.8 Å². The normalized spacial score (nSPS) is 23.2. The Bertz CT molecular complexity index is 1680. The smallest absolute Gasteiger partial charge is 0.271 e. The molecule has 0 radical (unpaired) electrons. The number of rotatable bonds is 9. The molecule has 1 N–H and O–H groups in total. The van der Waals surface area contributed by atoms with Gasteiger partial charge < -0.3 is 9.84 Å². The van der Waals surface area contributed by atoms with Gasteiger partial charge in [-0.3, -0.25) is 19.7 Å². The summed E-state index contributed by atoms with van der Waals surface area (Å²) in [5.41, 5.74) is 4.93. The van der Waals surface area contributed by atoms with Gasteiger partial charge in [0.25, 0.3) is 5.69 Å². The number of nitrogens with zero attached hydrogens (tertiary/aromatic N) is 2. The SMILES string of the molecule is CCCC1=C2[C@@H](CC/C(=C/c3ccc(O)c(F)c3)c3ccccc3)OC[C@@H]2[C@@H]2C(=O)N(c3cccc([N+](=O)[O-])c3)C(=O)[C@@H]2C1. The van der Waals surface area contributed by atoms with Crippen molar-refractivity contribution in [3.05, 3.63) is 111 Å². The molecule has 0 saturated carbocycles. The lowest BCUT2D eigenvalue weighted by Crippen LogP contribution is -2.34. The van der Waals surface area contributed by atoms with Crippen LogP contribution in [0.2, 0.25) is 0 Å². The zero-order valence-corrected chi connectivity index (χ0v) is 24.3. The number of ether oxygens (including phenoxy) is 1. The molecule has 2 fully saturated rings. The Kier molecular flexibility index (Phi) is 8.14. The molecule has 44 heavy (non-hydrogen) atoms. The van der Waals surface area contributed by atoms with Crippen LogP contribution in [0.3, 0.4) is 0 Å². The molecule has 0 aromatic heterocycles. The van der Waals surface area contributed by atoms with E-state index < -0.39 is 28.3 Å². The first-order chi connectivity index (χ1) is 21.3. The van der Waals surface area contributed by atoms with E-state index in [4.69, 9.17) is 4.74 Å². The van der Waals surface area contributed by atoms with Gasteiger partial charge in [-0.05, 0) is 66.2 Å². The number of carbonyl (C=O) groups is 2. The molecule has 3 aliphatic rings. The van der Waals surface area contributed by atoms with E-state index in [0.29, 0.717) is 31.4 Å². The van der Waals surface area contributed by atoms with Crippen LogP contribution < -0.4 is 4.90 Å². The predicted octanol–water partition coefficient (Wildman–Crippen LogP) is 7.08. The Morgan fingerprint density at radius 3 is 2.59 bits per heavy atom. The van der Waals surface area contributed by atoms with E-state index in [0.717, 1.165) is 40.0 Å². The molecule has 4 atom stereocenters. The van der Waals surface area contributed by atoms with Crippen molar-refractivity contribution in [2.75, 3.05) is 11.5 Å². The summed E-state index contributed by atoms with van der Waals surface area (Å²) in [6.07, 6.45) is 5.07. The van der Waals surface area contributed by atoms with Crippen molar-refractivity contribution < 1.29 is 28.7 Å². The average Bonchev–Trinajstić information content (AvgIpc) is 3.55. The quantitative estimate of drug-likeness (QED) is 0.0929. The molecule has 2 saturated heterocycles.